The predicted molar refractivity (Wildman–Crippen MR) is 301 cm³/mol. The molecule has 1 aromatic heterocycles. The molecule has 2 aliphatic carbocycles. The number of hydrogen-bond donors (Lipinski definition) is 0. The molecule has 0 unspecified atom stereocenters. The predicted octanol–water partition coefficient (Wildman–Crippen LogP) is 18.3. The average molecular weight is 919 g/mol. The van der Waals surface area contributed by atoms with Gasteiger partial charge in [-0.25, -0.2) is 0 Å². The van der Waals surface area contributed by atoms with E-state index in [1.54, 1.807) is 0 Å². The van der Waals surface area contributed by atoms with Crippen LogP contribution in [0.25, 0.3) is 72.0 Å². The number of para-hydroxylation sites is 1. The quantitative estimate of drug-likeness (QED) is 0.147. The number of hydrogen-bond acceptors (Lipinski definition) is 1. The Kier molecular flexibility index (Phi) is 9.50. The topological polar surface area (TPSA) is 8.17 Å². The minimum Gasteiger partial charge on any atom is -0.310 e. The number of benzene rings is 11. The van der Waals surface area contributed by atoms with E-state index in [2.05, 4.69) is 290 Å². The number of aromatic nitrogens is 1. The largest absolute Gasteiger partial charge is 0.310 e. The monoisotopic (exact) mass is 918 g/mol. The van der Waals surface area contributed by atoms with Gasteiger partial charge in [-0.1, -0.05) is 214 Å². The highest BCUT2D eigenvalue weighted by molar-refractivity contribution is 6.11. The molecule has 0 aliphatic heterocycles. The molecule has 0 bridgehead atoms. The van der Waals surface area contributed by atoms with E-state index in [-0.39, 0.29) is 5.41 Å². The summed E-state index contributed by atoms with van der Waals surface area (Å²) in [7, 11) is 0. The van der Waals surface area contributed by atoms with Crippen molar-refractivity contribution in [3.63, 3.8) is 0 Å². The maximum Gasteiger partial charge on any atom is 0.0714 e. The lowest BCUT2D eigenvalue weighted by molar-refractivity contribution is 0.660. The Morgan fingerprint density at radius 1 is 0.306 bits per heavy atom. The summed E-state index contributed by atoms with van der Waals surface area (Å²) < 4.78 is 2.46. The van der Waals surface area contributed by atoms with E-state index in [1.807, 2.05) is 0 Å². The van der Waals surface area contributed by atoms with Crippen LogP contribution in [0, 0.1) is 0 Å². The van der Waals surface area contributed by atoms with E-state index in [1.165, 1.54) is 99.7 Å². The van der Waals surface area contributed by atoms with Crippen LogP contribution < -0.4 is 4.90 Å². The first-order chi connectivity index (χ1) is 35.5. The van der Waals surface area contributed by atoms with Gasteiger partial charge >= 0.3 is 0 Å². The second kappa shape index (κ2) is 16.3. The summed E-state index contributed by atoms with van der Waals surface area (Å²) >= 11 is 0. The van der Waals surface area contributed by atoms with E-state index in [0.717, 1.165) is 22.7 Å². The lowest BCUT2D eigenvalue weighted by Gasteiger charge is -2.34. The van der Waals surface area contributed by atoms with Gasteiger partial charge < -0.3 is 9.47 Å². The summed E-state index contributed by atoms with van der Waals surface area (Å²) in [6.45, 7) is 4.72. The van der Waals surface area contributed by atoms with Crippen LogP contribution in [0.5, 0.6) is 0 Å². The highest BCUT2D eigenvalue weighted by Gasteiger charge is 2.46. The molecule has 14 rings (SSSR count). The Bertz CT molecular complexity index is 3990. The molecule has 1 heterocycles. The van der Waals surface area contributed by atoms with Crippen molar-refractivity contribution in [1.82, 2.24) is 4.57 Å². The highest BCUT2D eigenvalue weighted by atomic mass is 15.1. The SMILES string of the molecule is CC1(C)c2ccccc2-c2ccc(N(c3ccc(-c4ccccc4)cc3)c3ccc(-c4ccc5c(c4)c4ccc(C6(c7ccccc7)c7ccccc7-c7ccccc76)cc4n5-c4ccccc4)cc3)cc21. The molecule has 0 fully saturated rings. The van der Waals surface area contributed by atoms with Gasteiger partial charge in [0, 0.05) is 38.9 Å². The van der Waals surface area contributed by atoms with E-state index >= 15 is 0 Å². The first-order valence-electron chi connectivity index (χ1n) is 25.2. The lowest BCUT2D eigenvalue weighted by atomic mass is 9.67. The van der Waals surface area contributed by atoms with Gasteiger partial charge in [-0.05, 0) is 145 Å². The molecular weight excluding hydrogens is 869 g/mol. The molecule has 0 amide bonds. The molecule has 11 aromatic carbocycles. The third-order valence-electron chi connectivity index (χ3n) is 15.9. The normalized spacial score (nSPS) is 13.6. The maximum atomic E-state index is 2.47. The van der Waals surface area contributed by atoms with E-state index in [4.69, 9.17) is 0 Å². The average Bonchev–Trinajstić information content (AvgIpc) is 4.02. The number of nitrogens with zero attached hydrogens (tertiary/aromatic N) is 2. The second-order valence-corrected chi connectivity index (χ2v) is 20.0. The molecule has 2 nitrogen and oxygen atoms in total. The first kappa shape index (κ1) is 41.9. The minimum absolute atomic E-state index is 0.116. The Morgan fingerprint density at radius 3 is 1.43 bits per heavy atom. The summed E-state index contributed by atoms with van der Waals surface area (Å²) in [5.41, 5.74) is 24.2. The third kappa shape index (κ3) is 6.28. The second-order valence-electron chi connectivity index (χ2n) is 20.0. The van der Waals surface area contributed by atoms with Crippen LogP contribution in [0.2, 0.25) is 0 Å². The number of anilines is 3. The van der Waals surface area contributed by atoms with Gasteiger partial charge in [0.15, 0.2) is 0 Å². The highest BCUT2D eigenvalue weighted by Crippen LogP contribution is 2.57. The maximum absolute atomic E-state index is 2.47. The fourth-order valence-corrected chi connectivity index (χ4v) is 12.5. The van der Waals surface area contributed by atoms with Crippen molar-refractivity contribution in [2.45, 2.75) is 24.7 Å². The fourth-order valence-electron chi connectivity index (χ4n) is 12.5. The summed E-state index contributed by atoms with van der Waals surface area (Å²) in [5, 5.41) is 2.45. The van der Waals surface area contributed by atoms with Crippen molar-refractivity contribution in [3.05, 3.63) is 300 Å². The molecule has 0 spiro atoms. The molecule has 340 valence electrons. The van der Waals surface area contributed by atoms with Crippen LogP contribution >= 0.6 is 0 Å². The van der Waals surface area contributed by atoms with Crippen molar-refractivity contribution < 1.29 is 0 Å². The van der Waals surface area contributed by atoms with Crippen LogP contribution in [-0.4, -0.2) is 4.57 Å². The summed E-state index contributed by atoms with van der Waals surface area (Å²) in [6.07, 6.45) is 0. The molecule has 2 heteroatoms. The van der Waals surface area contributed by atoms with Crippen molar-refractivity contribution in [2.75, 3.05) is 4.90 Å². The standard InChI is InChI=1S/C70H50N2/c1-69(2)63-27-15-12-24-57(63)60-42-40-56(46-66(60)69)71(54-36-30-48(31-37-54)47-18-6-3-7-19-47)55-38-32-49(33-39-55)50-34-43-67-62(44-50)61-41-35-52(45-68(61)72(67)53-22-10-5-11-23-53)70(51-20-8-4-9-21-51)64-28-16-13-25-58(64)59-26-14-17-29-65(59)70/h3-46H,1-2H3. The van der Waals surface area contributed by atoms with Gasteiger partial charge in [-0.3, -0.25) is 0 Å². The summed E-state index contributed by atoms with van der Waals surface area (Å²) in [5.74, 6) is 0. The fraction of sp³-hybridized carbons (Fsp3) is 0.0571. The number of fused-ring (bicyclic) bond motifs is 9. The van der Waals surface area contributed by atoms with Gasteiger partial charge in [-0.2, -0.15) is 0 Å². The molecule has 0 atom stereocenters. The Balaban J connectivity index is 0.901. The van der Waals surface area contributed by atoms with Crippen molar-refractivity contribution >= 4 is 38.9 Å². The Labute approximate surface area is 421 Å². The minimum atomic E-state index is -0.494. The molecule has 12 aromatic rings. The lowest BCUT2D eigenvalue weighted by Crippen LogP contribution is -2.28. The molecule has 72 heavy (non-hydrogen) atoms. The first-order valence-corrected chi connectivity index (χ1v) is 25.2. The van der Waals surface area contributed by atoms with Gasteiger partial charge in [0.1, 0.15) is 0 Å². The van der Waals surface area contributed by atoms with Crippen LogP contribution in [0.3, 0.4) is 0 Å². The summed E-state index contributed by atoms with van der Waals surface area (Å²) in [4.78, 5) is 2.41. The zero-order valence-electron chi connectivity index (χ0n) is 40.3. The van der Waals surface area contributed by atoms with Crippen molar-refractivity contribution in [1.29, 1.82) is 0 Å². The van der Waals surface area contributed by atoms with Gasteiger partial charge in [0.2, 0.25) is 0 Å². The number of rotatable bonds is 8. The van der Waals surface area contributed by atoms with Crippen LogP contribution in [0.15, 0.2) is 267 Å². The van der Waals surface area contributed by atoms with E-state index < -0.39 is 5.41 Å². The molecule has 0 saturated carbocycles. The molecule has 2 aliphatic rings. The Morgan fingerprint density at radius 2 is 0.792 bits per heavy atom. The molecule has 0 N–H and O–H groups in total. The van der Waals surface area contributed by atoms with Crippen LogP contribution in [0.4, 0.5) is 17.1 Å². The van der Waals surface area contributed by atoms with E-state index in [0.29, 0.717) is 0 Å². The van der Waals surface area contributed by atoms with Gasteiger partial charge in [0.25, 0.3) is 0 Å². The molecule has 0 radical (unpaired) electrons. The van der Waals surface area contributed by atoms with Gasteiger partial charge in [0.05, 0.1) is 16.4 Å². The van der Waals surface area contributed by atoms with Crippen LogP contribution in [0.1, 0.15) is 47.2 Å². The van der Waals surface area contributed by atoms with E-state index in [9.17, 15) is 0 Å². The van der Waals surface area contributed by atoms with Gasteiger partial charge in [-0.15, -0.1) is 0 Å². The summed E-state index contributed by atoms with van der Waals surface area (Å²) in [6, 6.07) is 99.0. The molecule has 0 saturated heterocycles. The zero-order chi connectivity index (χ0) is 48.0. The molecular formula is C70H50N2. The van der Waals surface area contributed by atoms with Crippen molar-refractivity contribution in [3.8, 4) is 50.2 Å². The van der Waals surface area contributed by atoms with Crippen molar-refractivity contribution in [2.24, 2.45) is 0 Å². The Hall–Kier alpha value is -8.98. The zero-order valence-corrected chi connectivity index (χ0v) is 40.3. The third-order valence-corrected chi connectivity index (χ3v) is 15.9. The smallest absolute Gasteiger partial charge is 0.0714 e. The van der Waals surface area contributed by atoms with Crippen LogP contribution in [-0.2, 0) is 10.8 Å².